The summed E-state index contributed by atoms with van der Waals surface area (Å²) in [6, 6.07) is -0.413. The molecule has 0 aromatic heterocycles. The number of carbonyl (C=O) groups is 2. The normalized spacial score (nSPS) is 9.68. The van der Waals surface area contributed by atoms with Gasteiger partial charge in [-0.1, -0.05) is 18.8 Å². The number of hydrogen-bond acceptors (Lipinski definition) is 3. The average molecular weight is 286 g/mol. The Balaban J connectivity index is 3.75. The van der Waals surface area contributed by atoms with E-state index in [4.69, 9.17) is 11.5 Å². The summed E-state index contributed by atoms with van der Waals surface area (Å²) < 4.78 is 0. The molecule has 19 heavy (non-hydrogen) atoms. The summed E-state index contributed by atoms with van der Waals surface area (Å²) in [7, 11) is 0. The number of carbonyl (C=O) groups excluding carboxylic acids is 1. The summed E-state index contributed by atoms with van der Waals surface area (Å²) in [5.74, 6) is 2.38. The number of urea groups is 1. The van der Waals surface area contributed by atoms with Crippen molar-refractivity contribution in [2.24, 2.45) is 0 Å². The Morgan fingerprint density at radius 2 is 2.00 bits per heavy atom. The van der Waals surface area contributed by atoms with Gasteiger partial charge in [0.15, 0.2) is 0 Å². The van der Waals surface area contributed by atoms with Crippen LogP contribution in [0.4, 0.5) is 4.79 Å². The van der Waals surface area contributed by atoms with E-state index in [0.29, 0.717) is 6.54 Å². The van der Waals surface area contributed by atoms with Gasteiger partial charge in [0.25, 0.3) is 0 Å². The highest BCUT2D eigenvalue weighted by Gasteiger charge is 2.14. The van der Waals surface area contributed by atoms with Crippen LogP contribution in [0.5, 0.6) is 0 Å². The van der Waals surface area contributed by atoms with Crippen molar-refractivity contribution in [2.45, 2.75) is 25.7 Å². The van der Waals surface area contributed by atoms with E-state index in [0.717, 1.165) is 24.2 Å². The van der Waals surface area contributed by atoms with Crippen molar-refractivity contribution < 1.29 is 14.7 Å². The van der Waals surface area contributed by atoms with Crippen LogP contribution in [0.15, 0.2) is 0 Å². The first-order valence-electron chi connectivity index (χ1n) is 6.28. The number of thioether (sulfide) groups is 1. The molecule has 5 nitrogen and oxygen atoms in total. The molecule has 0 aromatic rings. The fourth-order valence-corrected chi connectivity index (χ4v) is 2.00. The summed E-state index contributed by atoms with van der Waals surface area (Å²) >= 11 is 1.83. The first-order valence-corrected chi connectivity index (χ1v) is 7.68. The molecule has 0 rings (SSSR count). The van der Waals surface area contributed by atoms with E-state index < -0.39 is 12.0 Å². The second kappa shape index (κ2) is 11.7. The van der Waals surface area contributed by atoms with Gasteiger partial charge < -0.3 is 15.3 Å². The number of amides is 2. The zero-order valence-electron chi connectivity index (χ0n) is 11.4. The highest BCUT2D eigenvalue weighted by Crippen LogP contribution is 2.04. The van der Waals surface area contributed by atoms with Gasteiger partial charge in [-0.3, -0.25) is 4.79 Å². The summed E-state index contributed by atoms with van der Waals surface area (Å²) in [4.78, 5) is 23.3. The van der Waals surface area contributed by atoms with Crippen molar-refractivity contribution in [2.75, 3.05) is 31.6 Å². The molecule has 0 atom stereocenters. The molecule has 0 aliphatic heterocycles. The lowest BCUT2D eigenvalue weighted by atomic mass is 10.2. The Morgan fingerprint density at radius 3 is 2.58 bits per heavy atom. The second-order valence-electron chi connectivity index (χ2n) is 4.09. The van der Waals surface area contributed by atoms with E-state index >= 15 is 0 Å². The molecule has 0 aromatic carbocycles. The van der Waals surface area contributed by atoms with Crippen LogP contribution < -0.4 is 5.32 Å². The molecule has 0 saturated heterocycles. The van der Waals surface area contributed by atoms with Crippen molar-refractivity contribution in [3.05, 3.63) is 0 Å². The number of terminal acetylenes is 1. The first kappa shape index (κ1) is 17.6. The lowest BCUT2D eigenvalue weighted by molar-refractivity contribution is -0.137. The third kappa shape index (κ3) is 10.3. The summed E-state index contributed by atoms with van der Waals surface area (Å²) in [5.41, 5.74) is 0. The van der Waals surface area contributed by atoms with Crippen molar-refractivity contribution in [1.29, 1.82) is 0 Å². The predicted molar refractivity (Wildman–Crippen MR) is 78.3 cm³/mol. The second-order valence-corrected chi connectivity index (χ2v) is 5.08. The zero-order chi connectivity index (χ0) is 14.5. The quantitative estimate of drug-likeness (QED) is 0.473. The van der Waals surface area contributed by atoms with Crippen molar-refractivity contribution in [3.63, 3.8) is 0 Å². The molecule has 0 saturated carbocycles. The van der Waals surface area contributed by atoms with Crippen LogP contribution in [0.1, 0.15) is 25.7 Å². The van der Waals surface area contributed by atoms with Crippen molar-refractivity contribution in [1.82, 2.24) is 10.2 Å². The molecule has 0 fully saturated rings. The van der Waals surface area contributed by atoms with Crippen LogP contribution in [-0.2, 0) is 4.79 Å². The van der Waals surface area contributed by atoms with Gasteiger partial charge in [0.1, 0.15) is 6.54 Å². The summed E-state index contributed by atoms with van der Waals surface area (Å²) in [6.45, 7) is 0.189. The number of carboxylic acids is 1. The van der Waals surface area contributed by atoms with Gasteiger partial charge in [-0.2, -0.15) is 11.8 Å². The Kier molecular flexibility index (Phi) is 10.9. The SMILES string of the molecule is C#CCN(CC(=O)O)C(=O)NCCCCCCSC. The molecule has 0 spiro atoms. The number of aliphatic carboxylic acids is 1. The monoisotopic (exact) mass is 286 g/mol. The van der Waals surface area contributed by atoms with E-state index in [-0.39, 0.29) is 13.1 Å². The maximum Gasteiger partial charge on any atom is 0.323 e. The third-order valence-corrected chi connectivity index (χ3v) is 3.14. The Bertz CT molecular complexity index is 316. The van der Waals surface area contributed by atoms with Gasteiger partial charge in [-0.15, -0.1) is 6.42 Å². The maximum atomic E-state index is 11.7. The predicted octanol–water partition coefficient (Wildman–Crippen LogP) is 1.64. The number of unbranched alkanes of at least 4 members (excludes halogenated alkanes) is 3. The molecule has 2 N–H and O–H groups in total. The van der Waals surface area contributed by atoms with Crippen LogP contribution in [0.3, 0.4) is 0 Å². The first-order chi connectivity index (χ1) is 9.11. The lowest BCUT2D eigenvalue weighted by Gasteiger charge is -2.18. The fourth-order valence-electron chi connectivity index (χ4n) is 1.51. The van der Waals surface area contributed by atoms with Crippen LogP contribution in [-0.4, -0.2) is 53.6 Å². The molecular weight excluding hydrogens is 264 g/mol. The minimum absolute atomic E-state index is 0.00581. The summed E-state index contributed by atoms with van der Waals surface area (Å²) in [6.07, 6.45) is 11.5. The molecule has 0 radical (unpaired) electrons. The minimum atomic E-state index is -1.07. The third-order valence-electron chi connectivity index (χ3n) is 2.45. The molecule has 6 heteroatoms. The largest absolute Gasteiger partial charge is 0.480 e. The van der Waals surface area contributed by atoms with Gasteiger partial charge >= 0.3 is 12.0 Å². The highest BCUT2D eigenvalue weighted by atomic mass is 32.2. The van der Waals surface area contributed by atoms with Crippen molar-refractivity contribution in [3.8, 4) is 12.3 Å². The van der Waals surface area contributed by atoms with Gasteiger partial charge in [-0.25, -0.2) is 4.79 Å². The average Bonchev–Trinajstić information content (AvgIpc) is 2.36. The molecular formula is C13H22N2O3S. The fraction of sp³-hybridized carbons (Fsp3) is 0.692. The smallest absolute Gasteiger partial charge is 0.323 e. The molecule has 2 amide bonds. The van der Waals surface area contributed by atoms with Crippen LogP contribution in [0.2, 0.25) is 0 Å². The molecule has 0 aliphatic rings. The number of carboxylic acid groups (broad SMARTS) is 1. The van der Waals surface area contributed by atoms with Gasteiger partial charge in [0.05, 0.1) is 6.54 Å². The van der Waals surface area contributed by atoms with E-state index in [2.05, 4.69) is 17.5 Å². The standard InChI is InChI=1S/C13H22N2O3S/c1-3-9-15(11-12(16)17)13(18)14-8-6-4-5-7-10-19-2/h1H,4-11H2,2H3,(H,14,18)(H,16,17). The van der Waals surface area contributed by atoms with Gasteiger partial charge in [-0.05, 0) is 24.9 Å². The van der Waals surface area contributed by atoms with E-state index in [9.17, 15) is 9.59 Å². The van der Waals surface area contributed by atoms with Crippen LogP contribution in [0.25, 0.3) is 0 Å². The van der Waals surface area contributed by atoms with Gasteiger partial charge in [0, 0.05) is 6.54 Å². The maximum absolute atomic E-state index is 11.7. The number of nitrogens with zero attached hydrogens (tertiary/aromatic N) is 1. The van der Waals surface area contributed by atoms with E-state index in [1.165, 1.54) is 12.2 Å². The topological polar surface area (TPSA) is 69.6 Å². The minimum Gasteiger partial charge on any atom is -0.480 e. The van der Waals surface area contributed by atoms with Crippen molar-refractivity contribution >= 4 is 23.8 Å². The zero-order valence-corrected chi connectivity index (χ0v) is 12.2. The van der Waals surface area contributed by atoms with Crippen LogP contribution in [0, 0.1) is 12.3 Å². The van der Waals surface area contributed by atoms with Gasteiger partial charge in [0.2, 0.25) is 0 Å². The molecule has 0 aliphatic carbocycles. The highest BCUT2D eigenvalue weighted by molar-refractivity contribution is 7.98. The Morgan fingerprint density at radius 1 is 1.32 bits per heavy atom. The number of hydrogen-bond donors (Lipinski definition) is 2. The Hall–Kier alpha value is -1.35. The molecule has 0 unspecified atom stereocenters. The van der Waals surface area contributed by atoms with E-state index in [1.807, 2.05) is 11.8 Å². The summed E-state index contributed by atoms with van der Waals surface area (Å²) in [5, 5.41) is 11.3. The molecule has 0 heterocycles. The number of nitrogens with one attached hydrogen (secondary N) is 1. The molecule has 108 valence electrons. The van der Waals surface area contributed by atoms with E-state index in [1.54, 1.807) is 0 Å². The number of rotatable bonds is 10. The molecule has 0 bridgehead atoms. The lowest BCUT2D eigenvalue weighted by Crippen LogP contribution is -2.43. The Labute approximate surface area is 119 Å². The van der Waals surface area contributed by atoms with Crippen LogP contribution >= 0.6 is 11.8 Å².